The fraction of sp³-hybridized carbons (Fsp3) is 0.368. The van der Waals surface area contributed by atoms with E-state index >= 15 is 0 Å². The van der Waals surface area contributed by atoms with Gasteiger partial charge in [-0.15, -0.1) is 11.6 Å². The van der Waals surface area contributed by atoms with Gasteiger partial charge in [0.2, 0.25) is 5.91 Å². The van der Waals surface area contributed by atoms with Crippen LogP contribution >= 0.6 is 11.6 Å². The molecule has 1 saturated heterocycles. The molecular weight excluding hydrogens is 340 g/mol. The molecule has 0 radical (unpaired) electrons. The highest BCUT2D eigenvalue weighted by Gasteiger charge is 2.30. The number of anilines is 1. The Hall–Kier alpha value is -1.95. The first kappa shape index (κ1) is 16.5. The maximum absolute atomic E-state index is 12.6. The van der Waals surface area contributed by atoms with Gasteiger partial charge in [0, 0.05) is 17.7 Å². The molecule has 1 fully saturated rings. The van der Waals surface area contributed by atoms with E-state index in [1.165, 1.54) is 0 Å². The van der Waals surface area contributed by atoms with E-state index in [0.29, 0.717) is 38.5 Å². The average molecular weight is 359 g/mol. The third-order valence-electron chi connectivity index (χ3n) is 4.57. The van der Waals surface area contributed by atoms with Crippen molar-refractivity contribution in [3.8, 4) is 0 Å². The van der Waals surface area contributed by atoms with E-state index in [9.17, 15) is 4.79 Å². The molecular formula is C19H19ClN2O3. The van der Waals surface area contributed by atoms with Gasteiger partial charge in [0.05, 0.1) is 37.0 Å². The number of carbonyl (C=O) groups excluding carboxylic acids is 1. The Morgan fingerprint density at radius 1 is 1.08 bits per heavy atom. The summed E-state index contributed by atoms with van der Waals surface area (Å²) in [4.78, 5) is 18.9. The van der Waals surface area contributed by atoms with E-state index in [1.54, 1.807) is 4.90 Å². The van der Waals surface area contributed by atoms with E-state index < -0.39 is 0 Å². The molecule has 2 aromatic rings. The van der Waals surface area contributed by atoms with Crippen LogP contribution in [0.4, 0.5) is 5.69 Å². The zero-order chi connectivity index (χ0) is 17.2. The first-order valence-corrected chi connectivity index (χ1v) is 8.96. The molecule has 4 rings (SSSR count). The quantitative estimate of drug-likeness (QED) is 0.786. The summed E-state index contributed by atoms with van der Waals surface area (Å²) in [5, 5.41) is 0. The minimum Gasteiger partial charge on any atom is -0.346 e. The second-order valence-corrected chi connectivity index (χ2v) is 6.42. The number of hydrogen-bond acceptors (Lipinski definition) is 4. The Morgan fingerprint density at radius 3 is 2.64 bits per heavy atom. The van der Waals surface area contributed by atoms with Crippen LogP contribution in [0.2, 0.25) is 0 Å². The zero-order valence-corrected chi connectivity index (χ0v) is 14.5. The summed E-state index contributed by atoms with van der Waals surface area (Å²) in [6.45, 7) is 1.64. The van der Waals surface area contributed by atoms with Crippen LogP contribution in [0.15, 0.2) is 36.4 Å². The lowest BCUT2D eigenvalue weighted by molar-refractivity contribution is -0.119. The predicted octanol–water partition coefficient (Wildman–Crippen LogP) is 3.35. The minimum absolute atomic E-state index is 0.107. The van der Waals surface area contributed by atoms with E-state index in [2.05, 4.69) is 4.98 Å². The average Bonchev–Trinajstić information content (AvgIpc) is 3.18. The molecule has 0 aliphatic carbocycles. The highest BCUT2D eigenvalue weighted by atomic mass is 35.5. The lowest BCUT2D eigenvalue weighted by Gasteiger charge is -2.31. The van der Waals surface area contributed by atoms with Gasteiger partial charge >= 0.3 is 0 Å². The maximum Gasteiger partial charge on any atom is 0.227 e. The number of fused-ring (bicyclic) bond motifs is 1. The van der Waals surface area contributed by atoms with Crippen molar-refractivity contribution in [2.45, 2.75) is 31.6 Å². The number of alkyl halides is 1. The highest BCUT2D eigenvalue weighted by Crippen LogP contribution is 2.36. The fourth-order valence-corrected chi connectivity index (χ4v) is 3.55. The van der Waals surface area contributed by atoms with E-state index in [4.69, 9.17) is 21.1 Å². The minimum atomic E-state index is -0.331. The molecule has 1 aromatic heterocycles. The van der Waals surface area contributed by atoms with Crippen molar-refractivity contribution in [2.24, 2.45) is 0 Å². The monoisotopic (exact) mass is 358 g/mol. The molecule has 0 N–H and O–H groups in total. The molecule has 2 aliphatic heterocycles. The third kappa shape index (κ3) is 3.27. The second kappa shape index (κ2) is 7.12. The summed E-state index contributed by atoms with van der Waals surface area (Å²) in [5.74, 6) is 0.467. The Kier molecular flexibility index (Phi) is 4.70. The van der Waals surface area contributed by atoms with Gasteiger partial charge in [-0.3, -0.25) is 9.78 Å². The molecule has 0 unspecified atom stereocenters. The molecule has 2 aliphatic rings. The van der Waals surface area contributed by atoms with Crippen LogP contribution < -0.4 is 4.90 Å². The summed E-state index contributed by atoms with van der Waals surface area (Å²) in [5.41, 5.74) is 4.71. The number of rotatable bonds is 4. The number of halogens is 1. The normalized spacial score (nSPS) is 17.8. The van der Waals surface area contributed by atoms with Crippen LogP contribution in [-0.2, 0) is 33.1 Å². The first-order chi connectivity index (χ1) is 12.3. The molecule has 0 saturated carbocycles. The SMILES string of the molecule is O=C1CCc2c(C3OCCO3)cccc2N1Cc1cccc(CCl)n1. The number of benzene rings is 1. The number of amides is 1. The molecule has 0 spiro atoms. The molecule has 3 heterocycles. The van der Waals surface area contributed by atoms with Crippen molar-refractivity contribution in [2.75, 3.05) is 18.1 Å². The molecule has 25 heavy (non-hydrogen) atoms. The Balaban J connectivity index is 1.67. The molecule has 5 nitrogen and oxygen atoms in total. The van der Waals surface area contributed by atoms with Gasteiger partial charge in [0.15, 0.2) is 6.29 Å². The lowest BCUT2D eigenvalue weighted by atomic mass is 9.95. The van der Waals surface area contributed by atoms with E-state index in [1.807, 2.05) is 36.4 Å². The zero-order valence-electron chi connectivity index (χ0n) is 13.8. The Labute approximate surface area is 151 Å². The van der Waals surface area contributed by atoms with Crippen molar-refractivity contribution in [1.82, 2.24) is 4.98 Å². The Bertz CT molecular complexity index is 790. The van der Waals surface area contributed by atoms with Crippen molar-refractivity contribution in [3.63, 3.8) is 0 Å². The summed E-state index contributed by atoms with van der Waals surface area (Å²) >= 11 is 5.87. The van der Waals surface area contributed by atoms with Crippen molar-refractivity contribution < 1.29 is 14.3 Å². The number of ether oxygens (including phenoxy) is 2. The van der Waals surface area contributed by atoms with Gasteiger partial charge in [-0.25, -0.2) is 0 Å². The first-order valence-electron chi connectivity index (χ1n) is 8.42. The van der Waals surface area contributed by atoms with Gasteiger partial charge in [-0.05, 0) is 30.2 Å². The molecule has 0 bridgehead atoms. The van der Waals surface area contributed by atoms with Crippen molar-refractivity contribution in [1.29, 1.82) is 0 Å². The van der Waals surface area contributed by atoms with E-state index in [-0.39, 0.29) is 12.2 Å². The molecule has 0 atom stereocenters. The lowest BCUT2D eigenvalue weighted by Crippen LogP contribution is -2.35. The Morgan fingerprint density at radius 2 is 1.84 bits per heavy atom. The smallest absolute Gasteiger partial charge is 0.227 e. The third-order valence-corrected chi connectivity index (χ3v) is 4.84. The summed E-state index contributed by atoms with van der Waals surface area (Å²) in [6.07, 6.45) is 0.855. The molecule has 1 aromatic carbocycles. The van der Waals surface area contributed by atoms with E-state index in [0.717, 1.165) is 28.2 Å². The summed E-state index contributed by atoms with van der Waals surface area (Å²) in [7, 11) is 0. The summed E-state index contributed by atoms with van der Waals surface area (Å²) < 4.78 is 11.3. The molecule has 1 amide bonds. The van der Waals surface area contributed by atoms with Crippen LogP contribution in [-0.4, -0.2) is 24.1 Å². The van der Waals surface area contributed by atoms with Crippen LogP contribution in [0.3, 0.4) is 0 Å². The highest BCUT2D eigenvalue weighted by molar-refractivity contribution is 6.16. The summed E-state index contributed by atoms with van der Waals surface area (Å²) in [6, 6.07) is 11.7. The van der Waals surface area contributed by atoms with Crippen LogP contribution in [0.5, 0.6) is 0 Å². The number of nitrogens with zero attached hydrogens (tertiary/aromatic N) is 2. The van der Waals surface area contributed by atoms with Gasteiger partial charge in [0.1, 0.15) is 0 Å². The van der Waals surface area contributed by atoms with Crippen molar-refractivity contribution in [3.05, 3.63) is 58.9 Å². The predicted molar refractivity (Wildman–Crippen MR) is 94.4 cm³/mol. The molecule has 130 valence electrons. The largest absolute Gasteiger partial charge is 0.346 e. The van der Waals surface area contributed by atoms with Crippen LogP contribution in [0.25, 0.3) is 0 Å². The van der Waals surface area contributed by atoms with Gasteiger partial charge in [-0.2, -0.15) is 0 Å². The number of pyridine rings is 1. The van der Waals surface area contributed by atoms with Crippen molar-refractivity contribution >= 4 is 23.2 Å². The van der Waals surface area contributed by atoms with Crippen LogP contribution in [0, 0.1) is 0 Å². The standard InChI is InChI=1S/C19H19ClN2O3/c20-11-13-3-1-4-14(21-13)12-22-17-6-2-5-16(19-24-9-10-25-19)15(17)7-8-18(22)23/h1-6,19H,7-12H2. The second-order valence-electron chi connectivity index (χ2n) is 6.15. The van der Waals surface area contributed by atoms with Crippen LogP contribution in [0.1, 0.15) is 35.2 Å². The molecule has 6 heteroatoms. The number of hydrogen-bond donors (Lipinski definition) is 0. The van der Waals surface area contributed by atoms with Gasteiger partial charge in [0.25, 0.3) is 0 Å². The fourth-order valence-electron chi connectivity index (χ4n) is 3.40. The number of aromatic nitrogens is 1. The topological polar surface area (TPSA) is 51.7 Å². The van der Waals surface area contributed by atoms with Gasteiger partial charge in [-0.1, -0.05) is 18.2 Å². The van der Waals surface area contributed by atoms with Gasteiger partial charge < -0.3 is 14.4 Å². The number of carbonyl (C=O) groups is 1. The maximum atomic E-state index is 12.6.